The van der Waals surface area contributed by atoms with Crippen LogP contribution in [0.3, 0.4) is 0 Å². The summed E-state index contributed by atoms with van der Waals surface area (Å²) in [6.45, 7) is 3.74. The van der Waals surface area contributed by atoms with Gasteiger partial charge in [-0.15, -0.1) is 0 Å². The first-order valence-corrected chi connectivity index (χ1v) is 7.79. The Bertz CT molecular complexity index is 705. The molecule has 1 aromatic rings. The molecule has 1 aliphatic rings. The number of carbonyl (C=O) groups excluding carboxylic acids is 2. The Morgan fingerprint density at radius 3 is 2.38 bits per heavy atom. The number of ether oxygens (including phenoxy) is 1. The lowest BCUT2D eigenvalue weighted by Gasteiger charge is -2.31. The second-order valence-corrected chi connectivity index (χ2v) is 5.75. The van der Waals surface area contributed by atoms with Gasteiger partial charge in [0.2, 0.25) is 0 Å². The summed E-state index contributed by atoms with van der Waals surface area (Å²) in [7, 11) is 3.35. The highest BCUT2D eigenvalue weighted by atomic mass is 16.5. The van der Waals surface area contributed by atoms with Gasteiger partial charge in [0.25, 0.3) is 5.91 Å². The van der Waals surface area contributed by atoms with Crippen LogP contribution in [0.1, 0.15) is 25.3 Å². The fourth-order valence-electron chi connectivity index (χ4n) is 2.79. The van der Waals surface area contributed by atoms with Gasteiger partial charge in [-0.2, -0.15) is 0 Å². The summed E-state index contributed by atoms with van der Waals surface area (Å²) in [4.78, 5) is 26.7. The summed E-state index contributed by atoms with van der Waals surface area (Å²) < 4.78 is 5.16. The van der Waals surface area contributed by atoms with Crippen LogP contribution < -0.4 is 11.1 Å². The van der Waals surface area contributed by atoms with Crippen LogP contribution in [-0.4, -0.2) is 37.5 Å². The lowest BCUT2D eigenvalue weighted by atomic mass is 9.81. The number of hydrogen-bond donors (Lipinski definition) is 2. The lowest BCUT2D eigenvalue weighted by Crippen LogP contribution is -2.38. The maximum Gasteiger partial charge on any atom is 0.338 e. The zero-order valence-corrected chi connectivity index (χ0v) is 14.4. The number of rotatable bonds is 4. The molecule has 1 amide bonds. The molecule has 0 spiro atoms. The minimum Gasteiger partial charge on any atom is -0.463 e. The van der Waals surface area contributed by atoms with Crippen LogP contribution in [0.15, 0.2) is 53.0 Å². The monoisotopic (exact) mass is 329 g/mol. The van der Waals surface area contributed by atoms with Crippen molar-refractivity contribution in [1.82, 2.24) is 10.2 Å². The molecule has 1 unspecified atom stereocenters. The molecule has 1 aromatic carbocycles. The van der Waals surface area contributed by atoms with Gasteiger partial charge in [0, 0.05) is 25.4 Å². The molecule has 1 atom stereocenters. The van der Waals surface area contributed by atoms with Gasteiger partial charge in [-0.3, -0.25) is 4.79 Å². The number of carbonyl (C=O) groups is 2. The quantitative estimate of drug-likeness (QED) is 0.817. The molecule has 0 fully saturated rings. The van der Waals surface area contributed by atoms with E-state index in [1.807, 2.05) is 30.3 Å². The van der Waals surface area contributed by atoms with Crippen molar-refractivity contribution in [2.45, 2.75) is 19.8 Å². The molecule has 1 aliphatic heterocycles. The van der Waals surface area contributed by atoms with Crippen molar-refractivity contribution in [3.05, 3.63) is 58.6 Å². The van der Waals surface area contributed by atoms with E-state index >= 15 is 0 Å². The van der Waals surface area contributed by atoms with Crippen molar-refractivity contribution < 1.29 is 14.3 Å². The van der Waals surface area contributed by atoms with E-state index in [9.17, 15) is 9.59 Å². The summed E-state index contributed by atoms with van der Waals surface area (Å²) in [6, 6.07) is 9.36. The fraction of sp³-hybridized carbons (Fsp3) is 0.333. The number of nitrogens with one attached hydrogen (secondary N) is 1. The van der Waals surface area contributed by atoms with Gasteiger partial charge < -0.3 is 20.7 Å². The molecule has 0 saturated carbocycles. The Morgan fingerprint density at radius 1 is 1.21 bits per heavy atom. The molecule has 0 saturated heterocycles. The molecular formula is C18H23N3O3. The molecule has 2 rings (SSSR count). The molecule has 0 radical (unpaired) electrons. The number of nitrogens with zero attached hydrogens (tertiary/aromatic N) is 1. The minimum atomic E-state index is -0.568. The van der Waals surface area contributed by atoms with E-state index < -0.39 is 11.9 Å². The highest BCUT2D eigenvalue weighted by molar-refractivity contribution is 6.01. The van der Waals surface area contributed by atoms with Crippen molar-refractivity contribution in [3.63, 3.8) is 0 Å². The molecule has 0 bridgehead atoms. The number of esters is 1. The lowest BCUT2D eigenvalue weighted by molar-refractivity contribution is -0.138. The predicted octanol–water partition coefficient (Wildman–Crippen LogP) is 1.47. The molecule has 0 aromatic heterocycles. The van der Waals surface area contributed by atoms with Crippen molar-refractivity contribution in [2.24, 2.45) is 5.73 Å². The van der Waals surface area contributed by atoms with Gasteiger partial charge >= 0.3 is 5.97 Å². The van der Waals surface area contributed by atoms with Crippen LogP contribution in [0, 0.1) is 0 Å². The Balaban J connectivity index is 2.64. The van der Waals surface area contributed by atoms with Crippen molar-refractivity contribution in [3.8, 4) is 0 Å². The third kappa shape index (κ3) is 3.27. The van der Waals surface area contributed by atoms with Crippen LogP contribution in [0.4, 0.5) is 0 Å². The van der Waals surface area contributed by atoms with E-state index in [1.54, 1.807) is 27.9 Å². The average molecular weight is 329 g/mol. The van der Waals surface area contributed by atoms with E-state index in [0.717, 1.165) is 5.56 Å². The minimum absolute atomic E-state index is 0.178. The van der Waals surface area contributed by atoms with Gasteiger partial charge in [-0.05, 0) is 19.4 Å². The average Bonchev–Trinajstić information content (AvgIpc) is 2.54. The zero-order chi connectivity index (χ0) is 17.9. The van der Waals surface area contributed by atoms with Crippen LogP contribution in [0.25, 0.3) is 0 Å². The summed E-state index contributed by atoms with van der Waals surface area (Å²) in [5.74, 6) is -1.05. The first-order valence-electron chi connectivity index (χ1n) is 7.79. The Kier molecular flexibility index (Phi) is 5.28. The highest BCUT2D eigenvalue weighted by Crippen LogP contribution is 2.38. The smallest absolute Gasteiger partial charge is 0.338 e. The molecule has 24 heavy (non-hydrogen) atoms. The second-order valence-electron chi connectivity index (χ2n) is 5.75. The number of benzene rings is 1. The fourth-order valence-corrected chi connectivity index (χ4v) is 2.79. The maximum atomic E-state index is 12.7. The molecule has 0 aliphatic carbocycles. The predicted molar refractivity (Wildman–Crippen MR) is 91.6 cm³/mol. The third-order valence-corrected chi connectivity index (χ3v) is 3.86. The third-order valence-electron chi connectivity index (χ3n) is 3.86. The maximum absolute atomic E-state index is 12.7. The Morgan fingerprint density at radius 2 is 1.83 bits per heavy atom. The van der Waals surface area contributed by atoms with Crippen molar-refractivity contribution >= 4 is 11.9 Å². The first-order chi connectivity index (χ1) is 11.4. The standard InChI is InChI=1S/C18H23N3O3/c1-5-24-18(23)15-14(12-9-7-6-8-10-12)13(17(22)21(3)4)11(2)20-16(15)19/h6-10,14,20H,5,19H2,1-4H3. The van der Waals surface area contributed by atoms with Gasteiger partial charge in [-0.25, -0.2) is 4.79 Å². The van der Waals surface area contributed by atoms with Crippen LogP contribution in [0.2, 0.25) is 0 Å². The van der Waals surface area contributed by atoms with Crippen LogP contribution in [-0.2, 0) is 14.3 Å². The van der Waals surface area contributed by atoms with Gasteiger partial charge in [0.1, 0.15) is 5.82 Å². The van der Waals surface area contributed by atoms with E-state index in [0.29, 0.717) is 11.3 Å². The van der Waals surface area contributed by atoms with Gasteiger partial charge in [-0.1, -0.05) is 30.3 Å². The summed E-state index contributed by atoms with van der Waals surface area (Å²) in [5.41, 5.74) is 8.27. The SMILES string of the molecule is CCOC(=O)C1=C(N)NC(C)=C(C(=O)N(C)C)C1c1ccccc1. The normalized spacial score (nSPS) is 17.4. The number of nitrogens with two attached hydrogens (primary N) is 1. The summed E-state index contributed by atoms with van der Waals surface area (Å²) >= 11 is 0. The Labute approximate surface area is 142 Å². The molecular weight excluding hydrogens is 306 g/mol. The molecule has 1 heterocycles. The van der Waals surface area contributed by atoms with Crippen LogP contribution in [0.5, 0.6) is 0 Å². The first kappa shape index (κ1) is 17.6. The van der Waals surface area contributed by atoms with E-state index in [-0.39, 0.29) is 23.9 Å². The summed E-state index contributed by atoms with van der Waals surface area (Å²) in [5, 5.41) is 2.94. The topological polar surface area (TPSA) is 84.7 Å². The molecule has 6 heteroatoms. The number of allylic oxidation sites excluding steroid dienone is 1. The van der Waals surface area contributed by atoms with Crippen LogP contribution >= 0.6 is 0 Å². The van der Waals surface area contributed by atoms with Crippen molar-refractivity contribution in [2.75, 3.05) is 20.7 Å². The molecule has 3 N–H and O–H groups in total. The number of likely N-dealkylation sites (N-methyl/N-ethyl adjacent to an activating group) is 1. The van der Waals surface area contributed by atoms with E-state index in [4.69, 9.17) is 10.5 Å². The zero-order valence-electron chi connectivity index (χ0n) is 14.4. The van der Waals surface area contributed by atoms with E-state index in [2.05, 4.69) is 5.32 Å². The largest absolute Gasteiger partial charge is 0.463 e. The molecule has 6 nitrogen and oxygen atoms in total. The molecule has 128 valence electrons. The van der Waals surface area contributed by atoms with Gasteiger partial charge in [0.05, 0.1) is 18.1 Å². The number of hydrogen-bond acceptors (Lipinski definition) is 5. The second kappa shape index (κ2) is 7.21. The summed E-state index contributed by atoms with van der Waals surface area (Å²) in [6.07, 6.45) is 0. The Hall–Kier alpha value is -2.76. The van der Waals surface area contributed by atoms with E-state index in [1.165, 1.54) is 4.90 Å². The number of amides is 1. The number of dihydropyridines is 1. The van der Waals surface area contributed by atoms with Gasteiger partial charge in [0.15, 0.2) is 0 Å². The highest BCUT2D eigenvalue weighted by Gasteiger charge is 2.38. The van der Waals surface area contributed by atoms with Crippen molar-refractivity contribution in [1.29, 1.82) is 0 Å².